The summed E-state index contributed by atoms with van der Waals surface area (Å²) in [5.74, 6) is -3.08. The molecule has 4 aliphatic rings. The van der Waals surface area contributed by atoms with Crippen LogP contribution in [0.3, 0.4) is 0 Å². The zero-order chi connectivity index (χ0) is 40.1. The third-order valence-electron chi connectivity index (χ3n) is 11.2. The van der Waals surface area contributed by atoms with E-state index in [0.717, 1.165) is 6.42 Å². The maximum absolute atomic E-state index is 14.7. The predicted molar refractivity (Wildman–Crippen MR) is 201 cm³/mol. The third-order valence-corrected chi connectivity index (χ3v) is 13.3. The van der Waals surface area contributed by atoms with Gasteiger partial charge in [0.1, 0.15) is 40.9 Å². The molecule has 3 fully saturated rings. The molecule has 3 N–H and O–H groups in total. The molecule has 2 aliphatic carbocycles. The number of benzene rings is 1. The molecule has 16 heteroatoms. The number of carbonyl (C=O) groups excluding carboxylic acids is 4. The van der Waals surface area contributed by atoms with Crippen LogP contribution in [0.4, 0.5) is 9.18 Å². The Kier molecular flexibility index (Phi) is 10.9. The number of nitrogens with zero attached hydrogens (tertiary/aromatic N) is 2. The van der Waals surface area contributed by atoms with E-state index in [4.69, 9.17) is 14.2 Å². The molecule has 0 spiro atoms. The molecular weight excluding hydrogens is 734 g/mol. The van der Waals surface area contributed by atoms with Crippen molar-refractivity contribution in [3.05, 3.63) is 42.4 Å². The number of nitrogens with one attached hydrogen (secondary N) is 3. The van der Waals surface area contributed by atoms with Gasteiger partial charge in [0.2, 0.25) is 27.7 Å². The lowest BCUT2D eigenvalue weighted by Gasteiger charge is -2.33. The zero-order valence-electron chi connectivity index (χ0n) is 32.4. The van der Waals surface area contributed by atoms with E-state index >= 15 is 0 Å². The molecule has 7 atom stereocenters. The second kappa shape index (κ2) is 14.9. The van der Waals surface area contributed by atoms with E-state index in [2.05, 4.69) is 27.3 Å². The molecule has 2 saturated carbocycles. The van der Waals surface area contributed by atoms with Crippen LogP contribution in [0.25, 0.3) is 10.8 Å². The molecule has 1 aromatic carbocycles. The van der Waals surface area contributed by atoms with Gasteiger partial charge in [0.15, 0.2) is 0 Å². The number of alkyl carbamates (subject to hydrolysis) is 1. The molecule has 14 nitrogen and oxygen atoms in total. The first-order valence-corrected chi connectivity index (χ1v) is 20.4. The maximum Gasteiger partial charge on any atom is 0.408 e. The summed E-state index contributed by atoms with van der Waals surface area (Å²) < 4.78 is 59.5. The molecule has 4 amide bonds. The smallest absolute Gasteiger partial charge is 0.408 e. The Balaban J connectivity index is 1.36. The Bertz CT molecular complexity index is 2000. The van der Waals surface area contributed by atoms with Crippen molar-refractivity contribution in [2.24, 2.45) is 17.8 Å². The van der Waals surface area contributed by atoms with Crippen LogP contribution in [0, 0.1) is 23.6 Å². The highest BCUT2D eigenvalue weighted by molar-refractivity contribution is 7.91. The van der Waals surface area contributed by atoms with Gasteiger partial charge >= 0.3 is 6.09 Å². The number of methoxy groups -OCH3 is 1. The molecule has 2 aromatic rings. The largest absolute Gasteiger partial charge is 0.496 e. The van der Waals surface area contributed by atoms with Gasteiger partial charge in [-0.2, -0.15) is 0 Å². The normalized spacial score (nSPS) is 30.1. The van der Waals surface area contributed by atoms with Crippen molar-refractivity contribution in [3.63, 3.8) is 0 Å². The number of fused-ring (bicyclic) bond motifs is 3. The standard InChI is InChI=1S/C39H52FN5O9S/c1-22-10-8-9-11-24-20-39(24,35(48)44-55(50,51)38(6)13-14-38)43-32(46)29-19-26(53-33-28-17-25(40)18-30(52-7)27(28)12-15-41-33)21-45(29)34(47)31(23(2)16-22)42-36(49)54-37(3,4)5/h9,11-12,15,17-18,22-24,26,29,31H,8,10,13-14,16,19-21H2,1-7H3,(H,42,49)(H,43,46)(H,44,48)/b11-9-/t22-,23+,24?,26+,29-,31-,39+/m0/s1. The molecule has 3 heterocycles. The van der Waals surface area contributed by atoms with Crippen molar-refractivity contribution >= 4 is 44.6 Å². The van der Waals surface area contributed by atoms with Crippen molar-refractivity contribution in [2.75, 3.05) is 13.7 Å². The molecule has 1 unspecified atom stereocenters. The van der Waals surface area contributed by atoms with Crippen molar-refractivity contribution < 1.29 is 46.2 Å². The van der Waals surface area contributed by atoms with Gasteiger partial charge in [0, 0.05) is 30.0 Å². The lowest BCUT2D eigenvalue weighted by atomic mass is 9.88. The van der Waals surface area contributed by atoms with Gasteiger partial charge < -0.3 is 29.7 Å². The first-order valence-electron chi connectivity index (χ1n) is 18.9. The van der Waals surface area contributed by atoms with Gasteiger partial charge in [-0.05, 0) is 90.2 Å². The minimum atomic E-state index is -4.03. The van der Waals surface area contributed by atoms with E-state index in [-0.39, 0.29) is 42.9 Å². The molecule has 0 bridgehead atoms. The molecule has 2 aliphatic heterocycles. The average molecular weight is 786 g/mol. The van der Waals surface area contributed by atoms with Crippen LogP contribution in [-0.2, 0) is 29.1 Å². The monoisotopic (exact) mass is 785 g/mol. The van der Waals surface area contributed by atoms with E-state index in [9.17, 15) is 32.0 Å². The van der Waals surface area contributed by atoms with E-state index in [1.807, 2.05) is 19.1 Å². The Hall–Kier alpha value is -4.47. The number of halogens is 1. The topological polar surface area (TPSA) is 182 Å². The number of sulfonamides is 1. The zero-order valence-corrected chi connectivity index (χ0v) is 33.3. The van der Waals surface area contributed by atoms with Crippen LogP contribution in [0.1, 0.15) is 86.5 Å². The van der Waals surface area contributed by atoms with Crippen LogP contribution in [0.15, 0.2) is 36.5 Å². The Morgan fingerprint density at radius 1 is 1.11 bits per heavy atom. The number of hydrogen-bond donors (Lipinski definition) is 3. The van der Waals surface area contributed by atoms with Gasteiger partial charge in [0.25, 0.3) is 5.91 Å². The molecular formula is C39H52FN5O9S. The summed E-state index contributed by atoms with van der Waals surface area (Å²) in [7, 11) is -2.61. The van der Waals surface area contributed by atoms with E-state index in [1.54, 1.807) is 33.8 Å². The fraction of sp³-hybridized carbons (Fsp3) is 0.615. The van der Waals surface area contributed by atoms with Gasteiger partial charge in [0.05, 0.1) is 23.8 Å². The molecule has 1 aromatic heterocycles. The van der Waals surface area contributed by atoms with E-state index in [0.29, 0.717) is 36.5 Å². The third kappa shape index (κ3) is 8.53. The summed E-state index contributed by atoms with van der Waals surface area (Å²) in [5.41, 5.74) is -2.42. The van der Waals surface area contributed by atoms with Gasteiger partial charge in [-0.3, -0.25) is 19.1 Å². The van der Waals surface area contributed by atoms with E-state index in [1.165, 1.54) is 30.3 Å². The number of ether oxygens (including phenoxy) is 3. The summed E-state index contributed by atoms with van der Waals surface area (Å²) in [6.45, 7) is 10.5. The summed E-state index contributed by atoms with van der Waals surface area (Å²) in [4.78, 5) is 62.0. The predicted octanol–water partition coefficient (Wildman–Crippen LogP) is 4.51. The lowest BCUT2D eigenvalue weighted by Crippen LogP contribution is -2.59. The molecule has 1 saturated heterocycles. The second-order valence-corrected chi connectivity index (χ2v) is 19.1. The van der Waals surface area contributed by atoms with E-state index < -0.39 is 79.6 Å². The van der Waals surface area contributed by atoms with Crippen LogP contribution >= 0.6 is 0 Å². The Morgan fingerprint density at radius 2 is 1.84 bits per heavy atom. The average Bonchev–Trinajstić information content (AvgIpc) is 3.97. The first kappa shape index (κ1) is 40.2. The summed E-state index contributed by atoms with van der Waals surface area (Å²) >= 11 is 0. The number of amides is 4. The fourth-order valence-electron chi connectivity index (χ4n) is 7.64. The first-order chi connectivity index (χ1) is 25.8. The molecule has 0 radical (unpaired) electrons. The quantitative estimate of drug-likeness (QED) is 0.338. The highest BCUT2D eigenvalue weighted by Crippen LogP contribution is 2.47. The number of rotatable bonds is 7. The molecule has 6 rings (SSSR count). The molecule has 55 heavy (non-hydrogen) atoms. The number of pyridine rings is 1. The number of hydrogen-bond acceptors (Lipinski definition) is 10. The summed E-state index contributed by atoms with van der Waals surface area (Å²) in [6.07, 6.45) is 6.52. The Morgan fingerprint density at radius 3 is 2.51 bits per heavy atom. The number of aromatic nitrogens is 1. The number of allylic oxidation sites excluding steroid dienone is 1. The van der Waals surface area contributed by atoms with Crippen LogP contribution < -0.4 is 24.8 Å². The summed E-state index contributed by atoms with van der Waals surface area (Å²) in [6, 6.07) is 1.85. The Labute approximate surface area is 321 Å². The lowest BCUT2D eigenvalue weighted by molar-refractivity contribution is -0.142. The van der Waals surface area contributed by atoms with Crippen molar-refractivity contribution in [2.45, 2.75) is 121 Å². The maximum atomic E-state index is 14.7. The van der Waals surface area contributed by atoms with Crippen LogP contribution in [0.2, 0.25) is 0 Å². The second-order valence-electron chi connectivity index (χ2n) is 16.9. The van der Waals surface area contributed by atoms with Gasteiger partial charge in [-0.25, -0.2) is 22.6 Å². The van der Waals surface area contributed by atoms with Crippen molar-refractivity contribution in [3.8, 4) is 11.6 Å². The number of carbonyl (C=O) groups is 4. The van der Waals surface area contributed by atoms with Gasteiger partial charge in [-0.15, -0.1) is 0 Å². The highest BCUT2D eigenvalue weighted by Gasteiger charge is 2.63. The van der Waals surface area contributed by atoms with Crippen molar-refractivity contribution in [1.82, 2.24) is 25.2 Å². The van der Waals surface area contributed by atoms with Crippen LogP contribution in [0.5, 0.6) is 11.6 Å². The minimum Gasteiger partial charge on any atom is -0.496 e. The summed E-state index contributed by atoms with van der Waals surface area (Å²) in [5, 5.41) is 6.49. The fourth-order valence-corrected chi connectivity index (χ4v) is 8.96. The van der Waals surface area contributed by atoms with Crippen molar-refractivity contribution in [1.29, 1.82) is 0 Å². The SMILES string of the molecule is COc1cc(F)cc2c(O[C@@H]3C[C@H]4C(=O)N[C@]5(C(=O)NS(=O)(=O)C6(C)CC6)CC5/C=C\CC[C@H](C)C[C@@H](C)[C@H](NC(=O)OC(C)(C)C)C(=O)N4C3)nccc12. The highest BCUT2D eigenvalue weighted by atomic mass is 32.2. The minimum absolute atomic E-state index is 0.0550. The van der Waals surface area contributed by atoms with Crippen LogP contribution in [-0.4, -0.2) is 89.8 Å². The van der Waals surface area contributed by atoms with Gasteiger partial charge in [-0.1, -0.05) is 26.0 Å². The molecule has 300 valence electrons.